The van der Waals surface area contributed by atoms with E-state index in [2.05, 4.69) is 4.74 Å². The molecule has 1 saturated heterocycles. The van der Waals surface area contributed by atoms with Crippen LogP contribution in [0.15, 0.2) is 0 Å². The minimum absolute atomic E-state index is 0.755. The number of halogens is 3. The number of aliphatic hydroxyl groups is 4. The highest BCUT2D eigenvalue weighted by atomic mass is 19.4. The van der Waals surface area contributed by atoms with E-state index in [0.717, 1.165) is 0 Å². The lowest BCUT2D eigenvalue weighted by Crippen LogP contribution is -2.65. The molecule has 0 bridgehead atoms. The van der Waals surface area contributed by atoms with Crippen molar-refractivity contribution in [1.82, 2.24) is 5.32 Å². The molecule has 0 aliphatic carbocycles. The molecule has 0 unspecified atom stereocenters. The number of hydrogen-bond donors (Lipinski definition) is 5. The van der Waals surface area contributed by atoms with Gasteiger partial charge in [-0.3, -0.25) is 4.79 Å². The van der Waals surface area contributed by atoms with Crippen molar-refractivity contribution in [2.24, 2.45) is 0 Å². The molecule has 0 spiro atoms. The number of nitrogens with one attached hydrogen (secondary N) is 1. The van der Waals surface area contributed by atoms with Gasteiger partial charge in [-0.2, -0.15) is 13.2 Å². The summed E-state index contributed by atoms with van der Waals surface area (Å²) in [5.74, 6) is -2.39. The molecule has 0 aromatic carbocycles. The van der Waals surface area contributed by atoms with Crippen molar-refractivity contribution in [2.45, 2.75) is 36.8 Å². The monoisotopic (exact) mass is 275 g/mol. The van der Waals surface area contributed by atoms with Crippen molar-refractivity contribution >= 4 is 5.91 Å². The van der Waals surface area contributed by atoms with Gasteiger partial charge in [0.05, 0.1) is 6.61 Å². The number of rotatable bonds is 2. The van der Waals surface area contributed by atoms with E-state index >= 15 is 0 Å². The molecule has 1 heterocycles. The van der Waals surface area contributed by atoms with Crippen LogP contribution in [-0.4, -0.2) is 69.8 Å². The van der Waals surface area contributed by atoms with Crippen molar-refractivity contribution in [3.05, 3.63) is 0 Å². The Labute approximate surface area is 98.8 Å². The van der Waals surface area contributed by atoms with Crippen molar-refractivity contribution in [3.8, 4) is 0 Å². The molecule has 1 fully saturated rings. The average molecular weight is 275 g/mol. The van der Waals surface area contributed by atoms with Gasteiger partial charge in [0.15, 0.2) is 6.29 Å². The Morgan fingerprint density at radius 2 is 1.78 bits per heavy atom. The van der Waals surface area contributed by atoms with Crippen LogP contribution in [0.4, 0.5) is 13.2 Å². The molecule has 10 heteroatoms. The van der Waals surface area contributed by atoms with Crippen LogP contribution in [0, 0.1) is 0 Å². The molecule has 7 nitrogen and oxygen atoms in total. The van der Waals surface area contributed by atoms with Gasteiger partial charge in [0.25, 0.3) is 0 Å². The molecule has 0 radical (unpaired) electrons. The van der Waals surface area contributed by atoms with E-state index in [1.807, 2.05) is 0 Å². The third-order valence-electron chi connectivity index (χ3n) is 2.46. The quantitative estimate of drug-likeness (QED) is 0.379. The van der Waals surface area contributed by atoms with Crippen LogP contribution in [0.5, 0.6) is 0 Å². The number of carbonyl (C=O) groups is 1. The Hall–Kier alpha value is -0.940. The van der Waals surface area contributed by atoms with Crippen LogP contribution in [0.2, 0.25) is 0 Å². The fourth-order valence-corrected chi connectivity index (χ4v) is 1.49. The minimum atomic E-state index is -5.20. The molecule has 5 atom stereocenters. The first-order valence-corrected chi connectivity index (χ1v) is 4.86. The first-order chi connectivity index (χ1) is 8.18. The van der Waals surface area contributed by atoms with E-state index in [9.17, 15) is 33.3 Å². The van der Waals surface area contributed by atoms with Crippen molar-refractivity contribution in [2.75, 3.05) is 6.61 Å². The molecular formula is C8H12F3NO6. The summed E-state index contributed by atoms with van der Waals surface area (Å²) in [7, 11) is 0. The zero-order valence-electron chi connectivity index (χ0n) is 8.83. The van der Waals surface area contributed by atoms with Crippen LogP contribution < -0.4 is 5.32 Å². The molecule has 5 N–H and O–H groups in total. The lowest BCUT2D eigenvalue weighted by atomic mass is 9.97. The van der Waals surface area contributed by atoms with Crippen LogP contribution in [0.25, 0.3) is 0 Å². The smallest absolute Gasteiger partial charge is 0.394 e. The van der Waals surface area contributed by atoms with E-state index in [1.54, 1.807) is 0 Å². The predicted molar refractivity (Wildman–Crippen MR) is 48.0 cm³/mol. The summed E-state index contributed by atoms with van der Waals surface area (Å²) in [6.45, 7) is -0.755. The van der Waals surface area contributed by atoms with E-state index in [-0.39, 0.29) is 0 Å². The summed E-state index contributed by atoms with van der Waals surface area (Å²) in [5.41, 5.74) is 0. The van der Waals surface area contributed by atoms with Crippen molar-refractivity contribution in [3.63, 3.8) is 0 Å². The number of hydrogen-bond acceptors (Lipinski definition) is 6. The van der Waals surface area contributed by atoms with Crippen molar-refractivity contribution in [1.29, 1.82) is 0 Å². The minimum Gasteiger partial charge on any atom is -0.394 e. The normalized spacial score (nSPS) is 37.4. The predicted octanol–water partition coefficient (Wildman–Crippen LogP) is -2.54. The molecule has 18 heavy (non-hydrogen) atoms. The van der Waals surface area contributed by atoms with Gasteiger partial charge in [0, 0.05) is 0 Å². The zero-order chi connectivity index (χ0) is 14.1. The largest absolute Gasteiger partial charge is 0.471 e. The van der Waals surface area contributed by atoms with Gasteiger partial charge in [-0.1, -0.05) is 0 Å². The van der Waals surface area contributed by atoms with Gasteiger partial charge in [-0.15, -0.1) is 0 Å². The molecule has 0 saturated carbocycles. The van der Waals surface area contributed by atoms with Gasteiger partial charge in [0.1, 0.15) is 24.4 Å². The number of ether oxygens (including phenoxy) is 1. The fraction of sp³-hybridized carbons (Fsp3) is 0.875. The first kappa shape index (κ1) is 15.1. The fourth-order valence-electron chi connectivity index (χ4n) is 1.49. The molecule has 0 aromatic heterocycles. The zero-order valence-corrected chi connectivity index (χ0v) is 8.83. The summed E-state index contributed by atoms with van der Waals surface area (Å²) in [6.07, 6.45) is -12.2. The van der Waals surface area contributed by atoms with Gasteiger partial charge in [-0.05, 0) is 0 Å². The van der Waals surface area contributed by atoms with E-state index in [4.69, 9.17) is 5.11 Å². The summed E-state index contributed by atoms with van der Waals surface area (Å²) >= 11 is 0. The maximum atomic E-state index is 12.0. The topological polar surface area (TPSA) is 119 Å². The average Bonchev–Trinajstić information content (AvgIpc) is 2.27. The molecule has 1 amide bonds. The van der Waals surface area contributed by atoms with Crippen LogP contribution in [0.1, 0.15) is 0 Å². The Morgan fingerprint density at radius 3 is 2.22 bits per heavy atom. The van der Waals surface area contributed by atoms with E-state index in [1.165, 1.54) is 5.32 Å². The number of aliphatic hydroxyl groups excluding tert-OH is 4. The molecule has 0 aromatic rings. The second-order valence-electron chi connectivity index (χ2n) is 3.73. The lowest BCUT2D eigenvalue weighted by Gasteiger charge is -2.40. The van der Waals surface area contributed by atoms with E-state index < -0.39 is 49.3 Å². The second-order valence-corrected chi connectivity index (χ2v) is 3.73. The highest BCUT2D eigenvalue weighted by Gasteiger charge is 2.48. The van der Waals surface area contributed by atoms with Gasteiger partial charge >= 0.3 is 12.1 Å². The molecular weight excluding hydrogens is 263 g/mol. The van der Waals surface area contributed by atoms with E-state index in [0.29, 0.717) is 0 Å². The number of carbonyl (C=O) groups excluding carboxylic acids is 1. The van der Waals surface area contributed by atoms with Gasteiger partial charge < -0.3 is 30.5 Å². The SMILES string of the molecule is O=C(N[C@@H]1[C@H](O)[C@H](O)[C@H](CO)O[C@H]1O)C(F)(F)F. The highest BCUT2D eigenvalue weighted by molar-refractivity contribution is 5.82. The van der Waals surface area contributed by atoms with Gasteiger partial charge in [0.2, 0.25) is 0 Å². The first-order valence-electron chi connectivity index (χ1n) is 4.86. The Bertz CT molecular complexity index is 312. The summed E-state index contributed by atoms with van der Waals surface area (Å²) in [5, 5.41) is 38.1. The summed E-state index contributed by atoms with van der Waals surface area (Å²) < 4.78 is 40.5. The Balaban J connectivity index is 2.74. The summed E-state index contributed by atoms with van der Waals surface area (Å²) in [4.78, 5) is 10.6. The maximum Gasteiger partial charge on any atom is 0.471 e. The molecule has 1 aliphatic heterocycles. The highest BCUT2D eigenvalue weighted by Crippen LogP contribution is 2.21. The lowest BCUT2D eigenvalue weighted by molar-refractivity contribution is -0.256. The number of amides is 1. The molecule has 1 aliphatic rings. The molecule has 106 valence electrons. The van der Waals surface area contributed by atoms with Crippen molar-refractivity contribution < 1.29 is 43.1 Å². The Morgan fingerprint density at radius 1 is 1.22 bits per heavy atom. The molecule has 1 rings (SSSR count). The third-order valence-corrected chi connectivity index (χ3v) is 2.46. The summed E-state index contributed by atoms with van der Waals surface area (Å²) in [6, 6.07) is -1.85. The van der Waals surface area contributed by atoms with Crippen LogP contribution in [-0.2, 0) is 9.53 Å². The Kier molecular flexibility index (Phi) is 4.50. The number of alkyl halides is 3. The standard InChI is InChI=1S/C8H12F3NO6/c9-8(10,11)7(17)12-3-5(15)4(14)2(1-13)18-6(3)16/h2-6,13-16H,1H2,(H,12,17)/t2-,3+,4+,5-,6+/m0/s1. The van der Waals surface area contributed by atoms with Crippen LogP contribution >= 0.6 is 0 Å². The maximum absolute atomic E-state index is 12.0. The third kappa shape index (κ3) is 3.09. The second kappa shape index (κ2) is 5.36. The van der Waals surface area contributed by atoms with Crippen LogP contribution in [0.3, 0.4) is 0 Å². The van der Waals surface area contributed by atoms with Gasteiger partial charge in [-0.25, -0.2) is 0 Å².